The number of nitriles is 1. The van der Waals surface area contributed by atoms with Crippen LogP contribution in [0.3, 0.4) is 0 Å². The van der Waals surface area contributed by atoms with E-state index in [1.54, 1.807) is 17.6 Å². The Morgan fingerprint density at radius 1 is 1.32 bits per heavy atom. The maximum atomic E-state index is 12.3. The monoisotopic (exact) mass is 272 g/mol. The molecule has 19 heavy (non-hydrogen) atoms. The molecule has 1 aromatic carbocycles. The van der Waals surface area contributed by atoms with Crippen molar-refractivity contribution in [2.24, 2.45) is 0 Å². The predicted molar refractivity (Wildman–Crippen MR) is 75.4 cm³/mol. The molecule has 0 saturated carbocycles. The van der Waals surface area contributed by atoms with Crippen molar-refractivity contribution in [3.05, 3.63) is 68.1 Å². The van der Waals surface area contributed by atoms with E-state index in [4.69, 9.17) is 16.9 Å². The van der Waals surface area contributed by atoms with E-state index < -0.39 is 0 Å². The van der Waals surface area contributed by atoms with Gasteiger partial charge in [0.05, 0.1) is 6.54 Å². The number of aromatic nitrogens is 1. The summed E-state index contributed by atoms with van der Waals surface area (Å²) in [4.78, 5) is 12.3. The summed E-state index contributed by atoms with van der Waals surface area (Å²) in [5.74, 6) is 0. The lowest BCUT2D eigenvalue weighted by Crippen LogP contribution is -2.26. The van der Waals surface area contributed by atoms with E-state index in [2.05, 4.69) is 0 Å². The van der Waals surface area contributed by atoms with Gasteiger partial charge in [0, 0.05) is 10.7 Å². The van der Waals surface area contributed by atoms with Gasteiger partial charge in [-0.1, -0.05) is 29.8 Å². The van der Waals surface area contributed by atoms with Crippen LogP contribution in [0, 0.1) is 25.2 Å². The molecule has 0 aliphatic heterocycles. The second-order valence-corrected chi connectivity index (χ2v) is 4.85. The highest BCUT2D eigenvalue weighted by atomic mass is 35.5. The maximum absolute atomic E-state index is 12.3. The molecule has 0 unspecified atom stereocenters. The van der Waals surface area contributed by atoms with Crippen molar-refractivity contribution in [3.63, 3.8) is 0 Å². The third-order valence-corrected chi connectivity index (χ3v) is 3.47. The van der Waals surface area contributed by atoms with Crippen LogP contribution in [0.25, 0.3) is 0 Å². The predicted octanol–water partition coefficient (Wildman–Crippen LogP) is 3.04. The number of halogens is 1. The lowest BCUT2D eigenvalue weighted by Gasteiger charge is -2.12. The summed E-state index contributed by atoms with van der Waals surface area (Å²) in [7, 11) is 0. The fraction of sp³-hybridized carbons (Fsp3) is 0.200. The first-order valence-corrected chi connectivity index (χ1v) is 6.27. The highest BCUT2D eigenvalue weighted by molar-refractivity contribution is 6.31. The number of benzene rings is 1. The minimum Gasteiger partial charge on any atom is -0.307 e. The summed E-state index contributed by atoms with van der Waals surface area (Å²) in [5, 5.41) is 9.66. The van der Waals surface area contributed by atoms with Gasteiger partial charge in [-0.25, -0.2) is 0 Å². The highest BCUT2D eigenvalue weighted by Gasteiger charge is 2.11. The zero-order valence-corrected chi connectivity index (χ0v) is 11.5. The quantitative estimate of drug-likeness (QED) is 0.843. The number of pyridine rings is 1. The second kappa shape index (κ2) is 5.29. The molecule has 2 rings (SSSR count). The van der Waals surface area contributed by atoms with Crippen molar-refractivity contribution < 1.29 is 0 Å². The first kappa shape index (κ1) is 13.4. The zero-order chi connectivity index (χ0) is 14.0. The molecule has 0 N–H and O–H groups in total. The van der Waals surface area contributed by atoms with Gasteiger partial charge in [0.25, 0.3) is 5.56 Å². The summed E-state index contributed by atoms with van der Waals surface area (Å²) in [5.41, 5.74) is 2.32. The smallest absolute Gasteiger partial charge is 0.269 e. The van der Waals surface area contributed by atoms with Gasteiger partial charge in [0.1, 0.15) is 11.6 Å². The largest absolute Gasteiger partial charge is 0.307 e. The molecule has 0 saturated heterocycles. The molecule has 1 aromatic heterocycles. The van der Waals surface area contributed by atoms with Crippen molar-refractivity contribution >= 4 is 11.6 Å². The zero-order valence-electron chi connectivity index (χ0n) is 10.8. The summed E-state index contributed by atoms with van der Waals surface area (Å²) in [6.45, 7) is 4.00. The minimum atomic E-state index is -0.264. The molecule has 0 spiro atoms. The van der Waals surface area contributed by atoms with Crippen LogP contribution in [0.5, 0.6) is 0 Å². The van der Waals surface area contributed by atoms with Crippen LogP contribution >= 0.6 is 11.6 Å². The number of hydrogen-bond donors (Lipinski definition) is 0. The number of rotatable bonds is 2. The van der Waals surface area contributed by atoms with Gasteiger partial charge < -0.3 is 4.57 Å². The van der Waals surface area contributed by atoms with Gasteiger partial charge in [-0.3, -0.25) is 4.79 Å². The molecule has 2 aromatic rings. The lowest BCUT2D eigenvalue weighted by molar-refractivity contribution is 0.725. The van der Waals surface area contributed by atoms with E-state index in [0.29, 0.717) is 17.1 Å². The Hall–Kier alpha value is -2.05. The summed E-state index contributed by atoms with van der Waals surface area (Å²) in [6.07, 6.45) is 0. The fourth-order valence-electron chi connectivity index (χ4n) is 2.06. The average Bonchev–Trinajstić information content (AvgIpc) is 2.36. The molecule has 4 heteroatoms. The number of hydrogen-bond acceptors (Lipinski definition) is 2. The molecule has 0 radical (unpaired) electrons. The first-order valence-electron chi connectivity index (χ1n) is 5.89. The molecule has 0 bridgehead atoms. The fourth-order valence-corrected chi connectivity index (χ4v) is 2.25. The summed E-state index contributed by atoms with van der Waals surface area (Å²) >= 11 is 6.10. The standard InChI is InChI=1S/C15H13ClN2O/c1-10-7-11(2)18(15(19)13(10)8-17)9-12-5-3-4-6-14(12)16/h3-7H,9H2,1-2H3. The van der Waals surface area contributed by atoms with Crippen LogP contribution in [-0.4, -0.2) is 4.57 Å². The van der Waals surface area contributed by atoms with Crippen LogP contribution < -0.4 is 5.56 Å². The van der Waals surface area contributed by atoms with Crippen molar-refractivity contribution in [2.75, 3.05) is 0 Å². The maximum Gasteiger partial charge on any atom is 0.269 e. The van der Waals surface area contributed by atoms with Crippen LogP contribution in [0.4, 0.5) is 0 Å². The van der Waals surface area contributed by atoms with Crippen molar-refractivity contribution in [2.45, 2.75) is 20.4 Å². The minimum absolute atomic E-state index is 0.192. The van der Waals surface area contributed by atoms with Crippen LogP contribution in [0.2, 0.25) is 5.02 Å². The Bertz CT molecular complexity index is 726. The molecule has 0 fully saturated rings. The van der Waals surface area contributed by atoms with Crippen molar-refractivity contribution in [1.29, 1.82) is 5.26 Å². The molecule has 0 aliphatic carbocycles. The Kier molecular flexibility index (Phi) is 3.73. The molecule has 0 aliphatic rings. The van der Waals surface area contributed by atoms with Gasteiger partial charge in [-0.2, -0.15) is 5.26 Å². The molecule has 3 nitrogen and oxygen atoms in total. The summed E-state index contributed by atoms with van der Waals surface area (Å²) < 4.78 is 1.58. The van der Waals surface area contributed by atoms with Gasteiger partial charge in [-0.05, 0) is 37.1 Å². The number of aryl methyl sites for hydroxylation is 2. The van der Waals surface area contributed by atoms with Crippen molar-refractivity contribution in [1.82, 2.24) is 4.57 Å². The van der Waals surface area contributed by atoms with Gasteiger partial charge in [0.2, 0.25) is 0 Å². The SMILES string of the molecule is Cc1cc(C)n(Cc2ccccc2Cl)c(=O)c1C#N. The second-order valence-electron chi connectivity index (χ2n) is 4.44. The molecular weight excluding hydrogens is 260 g/mol. The van der Waals surface area contributed by atoms with Crippen LogP contribution in [0.1, 0.15) is 22.4 Å². The van der Waals surface area contributed by atoms with E-state index in [9.17, 15) is 4.79 Å². The Labute approximate surface area is 116 Å². The first-order chi connectivity index (χ1) is 9.04. The topological polar surface area (TPSA) is 45.8 Å². The molecule has 96 valence electrons. The highest BCUT2D eigenvalue weighted by Crippen LogP contribution is 2.16. The van der Waals surface area contributed by atoms with E-state index in [1.807, 2.05) is 37.3 Å². The van der Waals surface area contributed by atoms with Gasteiger partial charge >= 0.3 is 0 Å². The van der Waals surface area contributed by atoms with E-state index in [-0.39, 0.29) is 11.1 Å². The summed E-state index contributed by atoms with van der Waals surface area (Å²) in [6, 6.07) is 11.2. The van der Waals surface area contributed by atoms with E-state index >= 15 is 0 Å². The molecule has 1 heterocycles. The Balaban J connectivity index is 2.56. The van der Waals surface area contributed by atoms with Gasteiger partial charge in [0.15, 0.2) is 0 Å². The molecule has 0 atom stereocenters. The van der Waals surface area contributed by atoms with E-state index in [0.717, 1.165) is 11.3 Å². The van der Waals surface area contributed by atoms with Gasteiger partial charge in [-0.15, -0.1) is 0 Å². The third kappa shape index (κ3) is 2.54. The lowest BCUT2D eigenvalue weighted by atomic mass is 10.1. The normalized spacial score (nSPS) is 10.2. The van der Waals surface area contributed by atoms with Crippen LogP contribution in [-0.2, 0) is 6.54 Å². The third-order valence-electron chi connectivity index (χ3n) is 3.10. The van der Waals surface area contributed by atoms with Crippen LogP contribution in [0.15, 0.2) is 35.1 Å². The molecular formula is C15H13ClN2O. The number of nitrogens with zero attached hydrogens (tertiary/aromatic N) is 2. The van der Waals surface area contributed by atoms with Crippen molar-refractivity contribution in [3.8, 4) is 6.07 Å². The Morgan fingerprint density at radius 3 is 2.63 bits per heavy atom. The average molecular weight is 273 g/mol. The Morgan fingerprint density at radius 2 is 2.00 bits per heavy atom. The molecule has 0 amide bonds. The van der Waals surface area contributed by atoms with E-state index in [1.165, 1.54) is 0 Å².